The molecule has 0 spiro atoms. The number of carbonyl (C=O) groups excluding carboxylic acids is 1. The molecule has 0 saturated carbocycles. The molecular formula is C16H17NO4. The van der Waals surface area contributed by atoms with Gasteiger partial charge in [-0.1, -0.05) is 44.2 Å². The normalized spacial score (nSPS) is 12.1. The Hall–Kier alpha value is -2.56. The minimum Gasteiger partial charge on any atom is -0.480 e. The highest BCUT2D eigenvalue weighted by Gasteiger charge is 2.26. The Morgan fingerprint density at radius 1 is 1.14 bits per heavy atom. The summed E-state index contributed by atoms with van der Waals surface area (Å²) in [5.41, 5.74) is 1.48. The van der Waals surface area contributed by atoms with Gasteiger partial charge in [-0.3, -0.25) is 4.79 Å². The van der Waals surface area contributed by atoms with E-state index in [1.807, 2.05) is 30.3 Å². The van der Waals surface area contributed by atoms with Crippen molar-refractivity contribution in [2.45, 2.75) is 19.9 Å². The van der Waals surface area contributed by atoms with Crippen molar-refractivity contribution >= 4 is 11.9 Å². The van der Waals surface area contributed by atoms with Gasteiger partial charge in [0, 0.05) is 5.56 Å². The van der Waals surface area contributed by atoms with Crippen molar-refractivity contribution in [2.75, 3.05) is 0 Å². The minimum atomic E-state index is -1.06. The number of hydrogen-bond donors (Lipinski definition) is 2. The van der Waals surface area contributed by atoms with Gasteiger partial charge < -0.3 is 14.8 Å². The standard InChI is InChI=1S/C16H17NO4/c1-10(2)13(16(19)20)17-15(18)14-12(8-9-21-14)11-6-4-3-5-7-11/h3-10,13H,1-2H3,(H,17,18)(H,19,20). The smallest absolute Gasteiger partial charge is 0.326 e. The van der Waals surface area contributed by atoms with Gasteiger partial charge in [-0.2, -0.15) is 0 Å². The third-order valence-electron chi connectivity index (χ3n) is 3.18. The van der Waals surface area contributed by atoms with Crippen LogP contribution in [0.3, 0.4) is 0 Å². The molecule has 1 aromatic carbocycles. The van der Waals surface area contributed by atoms with Crippen LogP contribution in [-0.2, 0) is 4.79 Å². The molecule has 1 atom stereocenters. The molecule has 0 bridgehead atoms. The van der Waals surface area contributed by atoms with Crippen LogP contribution >= 0.6 is 0 Å². The summed E-state index contributed by atoms with van der Waals surface area (Å²) in [6.07, 6.45) is 1.42. The first-order valence-electron chi connectivity index (χ1n) is 6.67. The van der Waals surface area contributed by atoms with Gasteiger partial charge in [-0.25, -0.2) is 4.79 Å². The highest BCUT2D eigenvalue weighted by atomic mass is 16.4. The highest BCUT2D eigenvalue weighted by Crippen LogP contribution is 2.24. The van der Waals surface area contributed by atoms with Crippen molar-refractivity contribution in [3.05, 3.63) is 48.4 Å². The lowest BCUT2D eigenvalue weighted by Gasteiger charge is -2.17. The number of carboxylic acid groups (broad SMARTS) is 1. The molecule has 5 nitrogen and oxygen atoms in total. The number of benzene rings is 1. The van der Waals surface area contributed by atoms with E-state index in [0.29, 0.717) is 5.56 Å². The highest BCUT2D eigenvalue weighted by molar-refractivity contribution is 5.99. The van der Waals surface area contributed by atoms with Gasteiger partial charge >= 0.3 is 5.97 Å². The number of hydrogen-bond acceptors (Lipinski definition) is 3. The monoisotopic (exact) mass is 287 g/mol. The van der Waals surface area contributed by atoms with Gasteiger partial charge in [-0.05, 0) is 17.5 Å². The summed E-state index contributed by atoms with van der Waals surface area (Å²) in [6.45, 7) is 3.47. The molecule has 0 radical (unpaired) electrons. The molecule has 0 aliphatic heterocycles. The van der Waals surface area contributed by atoms with E-state index < -0.39 is 17.9 Å². The maximum Gasteiger partial charge on any atom is 0.326 e. The van der Waals surface area contributed by atoms with Crippen LogP contribution < -0.4 is 5.32 Å². The van der Waals surface area contributed by atoms with Gasteiger partial charge in [0.25, 0.3) is 5.91 Å². The fourth-order valence-electron chi connectivity index (χ4n) is 2.05. The van der Waals surface area contributed by atoms with Crippen molar-refractivity contribution in [1.82, 2.24) is 5.32 Å². The van der Waals surface area contributed by atoms with E-state index in [-0.39, 0.29) is 11.7 Å². The van der Waals surface area contributed by atoms with Gasteiger partial charge in [0.15, 0.2) is 5.76 Å². The Balaban J connectivity index is 2.25. The predicted molar refractivity (Wildman–Crippen MR) is 77.9 cm³/mol. The Morgan fingerprint density at radius 3 is 2.38 bits per heavy atom. The van der Waals surface area contributed by atoms with Crippen LogP contribution in [0.4, 0.5) is 0 Å². The van der Waals surface area contributed by atoms with Crippen LogP contribution in [0.5, 0.6) is 0 Å². The van der Waals surface area contributed by atoms with E-state index in [1.165, 1.54) is 6.26 Å². The van der Waals surface area contributed by atoms with Crippen molar-refractivity contribution in [3.63, 3.8) is 0 Å². The molecule has 2 N–H and O–H groups in total. The van der Waals surface area contributed by atoms with Gasteiger partial charge in [0.05, 0.1) is 6.26 Å². The molecule has 1 amide bonds. The average Bonchev–Trinajstić information content (AvgIpc) is 2.94. The fraction of sp³-hybridized carbons (Fsp3) is 0.250. The number of furan rings is 1. The Labute approximate surface area is 122 Å². The van der Waals surface area contributed by atoms with Crippen LogP contribution in [-0.4, -0.2) is 23.0 Å². The number of carbonyl (C=O) groups is 2. The summed E-state index contributed by atoms with van der Waals surface area (Å²) in [4.78, 5) is 23.4. The SMILES string of the molecule is CC(C)C(NC(=O)c1occc1-c1ccccc1)C(=O)O. The zero-order valence-electron chi connectivity index (χ0n) is 11.9. The summed E-state index contributed by atoms with van der Waals surface area (Å²) in [5.74, 6) is -1.69. The van der Waals surface area contributed by atoms with Gasteiger partial charge in [-0.15, -0.1) is 0 Å². The molecule has 1 aromatic heterocycles. The van der Waals surface area contributed by atoms with E-state index in [4.69, 9.17) is 9.52 Å². The van der Waals surface area contributed by atoms with Crippen molar-refractivity contribution in [1.29, 1.82) is 0 Å². The van der Waals surface area contributed by atoms with E-state index in [9.17, 15) is 9.59 Å². The first kappa shape index (κ1) is 14.8. The lowest BCUT2D eigenvalue weighted by Crippen LogP contribution is -2.44. The van der Waals surface area contributed by atoms with E-state index in [0.717, 1.165) is 5.56 Å². The zero-order chi connectivity index (χ0) is 15.4. The first-order valence-corrected chi connectivity index (χ1v) is 6.67. The molecule has 0 fully saturated rings. The fourth-order valence-corrected chi connectivity index (χ4v) is 2.05. The topological polar surface area (TPSA) is 79.5 Å². The minimum absolute atomic E-state index is 0.119. The van der Waals surface area contributed by atoms with Crippen LogP contribution in [0, 0.1) is 5.92 Å². The summed E-state index contributed by atoms with van der Waals surface area (Å²) in [5, 5.41) is 11.6. The molecule has 2 aromatic rings. The van der Waals surface area contributed by atoms with Gasteiger partial charge in [0.2, 0.25) is 0 Å². The molecule has 0 saturated heterocycles. The summed E-state index contributed by atoms with van der Waals surface area (Å²) in [7, 11) is 0. The Morgan fingerprint density at radius 2 is 1.81 bits per heavy atom. The summed E-state index contributed by atoms with van der Waals surface area (Å²) >= 11 is 0. The second-order valence-electron chi connectivity index (χ2n) is 5.06. The second-order valence-corrected chi connectivity index (χ2v) is 5.06. The van der Waals surface area contributed by atoms with Crippen LogP contribution in [0.1, 0.15) is 24.4 Å². The molecule has 1 heterocycles. The quantitative estimate of drug-likeness (QED) is 0.886. The third-order valence-corrected chi connectivity index (χ3v) is 3.18. The van der Waals surface area contributed by atoms with Crippen LogP contribution in [0.2, 0.25) is 0 Å². The van der Waals surface area contributed by atoms with E-state index in [1.54, 1.807) is 19.9 Å². The lowest BCUT2D eigenvalue weighted by molar-refractivity contribution is -0.140. The molecule has 21 heavy (non-hydrogen) atoms. The second kappa shape index (κ2) is 6.26. The largest absolute Gasteiger partial charge is 0.480 e. The van der Waals surface area contributed by atoms with Crippen molar-refractivity contribution in [3.8, 4) is 11.1 Å². The number of rotatable bonds is 5. The first-order chi connectivity index (χ1) is 10.0. The molecular weight excluding hydrogens is 270 g/mol. The lowest BCUT2D eigenvalue weighted by atomic mass is 10.0. The van der Waals surface area contributed by atoms with Gasteiger partial charge in [0.1, 0.15) is 6.04 Å². The Kier molecular flexibility index (Phi) is 4.42. The third kappa shape index (κ3) is 3.31. The predicted octanol–water partition coefficient (Wildman–Crippen LogP) is 2.79. The maximum atomic E-state index is 12.3. The molecule has 2 rings (SSSR count). The summed E-state index contributed by atoms with van der Waals surface area (Å²) < 4.78 is 5.24. The number of aliphatic carboxylic acids is 1. The van der Waals surface area contributed by atoms with E-state index >= 15 is 0 Å². The molecule has 110 valence electrons. The number of carboxylic acids is 1. The maximum absolute atomic E-state index is 12.3. The van der Waals surface area contributed by atoms with E-state index in [2.05, 4.69) is 5.32 Å². The summed E-state index contributed by atoms with van der Waals surface area (Å²) in [6, 6.07) is 10.1. The number of amides is 1. The van der Waals surface area contributed by atoms with Crippen molar-refractivity contribution in [2.24, 2.45) is 5.92 Å². The number of nitrogens with one attached hydrogen (secondary N) is 1. The molecule has 0 aliphatic rings. The molecule has 5 heteroatoms. The van der Waals surface area contributed by atoms with Crippen LogP contribution in [0.15, 0.2) is 47.1 Å². The molecule has 0 aliphatic carbocycles. The Bertz CT molecular complexity index is 631. The zero-order valence-corrected chi connectivity index (χ0v) is 11.9. The van der Waals surface area contributed by atoms with Crippen molar-refractivity contribution < 1.29 is 19.1 Å². The van der Waals surface area contributed by atoms with Crippen LogP contribution in [0.25, 0.3) is 11.1 Å². The average molecular weight is 287 g/mol. The molecule has 1 unspecified atom stereocenters.